The SMILES string of the molecule is Nc1nc2c(C3=C(F)c4nc(OC[C@@]56CCCN5C[C@H](F)C6)nc(N5C6CNCC5COC6)c4[S+]([O-])N3CC3CC3)ccc(F)c2s1. The first-order valence-corrected chi connectivity index (χ1v) is 18.2. The summed E-state index contributed by atoms with van der Waals surface area (Å²) in [5.41, 5.74) is 5.94. The molecule has 47 heavy (non-hydrogen) atoms. The number of anilines is 2. The van der Waals surface area contributed by atoms with Gasteiger partial charge in [0.1, 0.15) is 35.7 Å². The van der Waals surface area contributed by atoms with Crippen LogP contribution >= 0.6 is 11.3 Å². The van der Waals surface area contributed by atoms with E-state index in [2.05, 4.69) is 25.1 Å². The zero-order valence-corrected chi connectivity index (χ0v) is 27.2. The molecule has 11 nitrogen and oxygen atoms in total. The van der Waals surface area contributed by atoms with Crippen LogP contribution in [-0.4, -0.2) is 105 Å². The van der Waals surface area contributed by atoms with Crippen molar-refractivity contribution in [3.05, 3.63) is 29.2 Å². The lowest BCUT2D eigenvalue weighted by atomic mass is 9.95. The Morgan fingerprint density at radius 3 is 2.77 bits per heavy atom. The number of ether oxygens (including phenoxy) is 2. The van der Waals surface area contributed by atoms with Crippen molar-refractivity contribution in [2.75, 3.05) is 63.2 Å². The number of hydrogen-bond donors (Lipinski definition) is 2. The van der Waals surface area contributed by atoms with Gasteiger partial charge in [-0.1, -0.05) is 11.3 Å². The third-order valence-electron chi connectivity index (χ3n) is 10.4. The Balaban J connectivity index is 1.21. The van der Waals surface area contributed by atoms with E-state index in [0.717, 1.165) is 43.6 Å². The highest BCUT2D eigenvalue weighted by atomic mass is 32.2. The monoisotopic (exact) mass is 688 g/mol. The molecule has 2 aromatic heterocycles. The van der Waals surface area contributed by atoms with Crippen LogP contribution in [0.4, 0.5) is 24.1 Å². The summed E-state index contributed by atoms with van der Waals surface area (Å²) in [5, 5.41) is 3.58. The molecule has 1 aromatic carbocycles. The van der Waals surface area contributed by atoms with Gasteiger partial charge in [0.15, 0.2) is 22.5 Å². The van der Waals surface area contributed by atoms with E-state index in [0.29, 0.717) is 57.2 Å². The molecule has 3 unspecified atom stereocenters. The van der Waals surface area contributed by atoms with Gasteiger partial charge < -0.3 is 30.0 Å². The van der Waals surface area contributed by atoms with Gasteiger partial charge in [0.2, 0.25) is 0 Å². The molecule has 4 saturated heterocycles. The van der Waals surface area contributed by atoms with Crippen LogP contribution < -0.4 is 20.7 Å². The van der Waals surface area contributed by atoms with Gasteiger partial charge >= 0.3 is 6.01 Å². The summed E-state index contributed by atoms with van der Waals surface area (Å²) in [6.07, 6.45) is 3.03. The van der Waals surface area contributed by atoms with Crippen molar-refractivity contribution in [3.63, 3.8) is 0 Å². The van der Waals surface area contributed by atoms with Crippen LogP contribution in [0.1, 0.15) is 43.4 Å². The first-order chi connectivity index (χ1) is 22.8. The van der Waals surface area contributed by atoms with Gasteiger partial charge in [-0.15, -0.1) is 0 Å². The fraction of sp³-hybridized carbons (Fsp3) is 0.581. The van der Waals surface area contributed by atoms with Crippen molar-refractivity contribution in [2.45, 2.75) is 60.8 Å². The number of alkyl halides is 1. The van der Waals surface area contributed by atoms with Crippen LogP contribution in [0, 0.1) is 11.7 Å². The first-order valence-electron chi connectivity index (χ1n) is 16.2. The van der Waals surface area contributed by atoms with Crippen molar-refractivity contribution in [2.24, 2.45) is 5.92 Å². The minimum absolute atomic E-state index is 0.0362. The molecule has 3 aromatic rings. The van der Waals surface area contributed by atoms with Crippen molar-refractivity contribution in [1.29, 1.82) is 0 Å². The summed E-state index contributed by atoms with van der Waals surface area (Å²) in [7, 11) is 0. The zero-order chi connectivity index (χ0) is 32.0. The van der Waals surface area contributed by atoms with Crippen molar-refractivity contribution in [1.82, 2.24) is 29.5 Å². The molecular formula is C31H35F3N8O3S2. The molecule has 1 aliphatic carbocycles. The number of morpholine rings is 1. The van der Waals surface area contributed by atoms with E-state index >= 15 is 4.39 Å². The van der Waals surface area contributed by atoms with Gasteiger partial charge in [0.05, 0.1) is 47.6 Å². The van der Waals surface area contributed by atoms with Crippen LogP contribution in [0.15, 0.2) is 17.0 Å². The Morgan fingerprint density at radius 1 is 1.17 bits per heavy atom. The van der Waals surface area contributed by atoms with Crippen LogP contribution in [0.5, 0.6) is 6.01 Å². The maximum atomic E-state index is 17.4. The number of piperazine rings is 1. The number of nitrogens with zero attached hydrogens (tertiary/aromatic N) is 6. The summed E-state index contributed by atoms with van der Waals surface area (Å²) < 4.78 is 75.6. The van der Waals surface area contributed by atoms with Gasteiger partial charge in [-0.05, 0) is 50.3 Å². The summed E-state index contributed by atoms with van der Waals surface area (Å²) >= 11 is -0.945. The molecule has 0 radical (unpaired) electrons. The second-order valence-corrected chi connectivity index (χ2v) is 15.9. The minimum Gasteiger partial charge on any atom is -0.588 e. The fourth-order valence-corrected chi connectivity index (χ4v) is 10.3. The maximum absolute atomic E-state index is 17.4. The number of benzene rings is 1. The summed E-state index contributed by atoms with van der Waals surface area (Å²) in [5.74, 6) is -0.635. The number of halogens is 3. The highest BCUT2D eigenvalue weighted by Gasteiger charge is 2.51. The molecule has 1 saturated carbocycles. The molecule has 6 aliphatic rings. The van der Waals surface area contributed by atoms with E-state index in [1.54, 1.807) is 4.31 Å². The number of nitrogens with two attached hydrogens (primary N) is 1. The summed E-state index contributed by atoms with van der Waals surface area (Å²) in [6.45, 7) is 3.75. The van der Waals surface area contributed by atoms with Gasteiger partial charge in [-0.25, -0.2) is 18.2 Å². The molecule has 16 heteroatoms. The number of thiazole rings is 1. The number of aromatic nitrogens is 3. The van der Waals surface area contributed by atoms with Gasteiger partial charge in [-0.2, -0.15) is 14.3 Å². The molecule has 5 atom stereocenters. The number of hydrogen-bond acceptors (Lipinski definition) is 12. The van der Waals surface area contributed by atoms with Crippen LogP contribution in [0.3, 0.4) is 0 Å². The van der Waals surface area contributed by atoms with E-state index in [9.17, 15) is 13.3 Å². The number of nitrogen functional groups attached to an aromatic ring is 1. The Bertz CT molecular complexity index is 1760. The second-order valence-electron chi connectivity index (χ2n) is 13.5. The standard InChI is InChI=1S/C31H35F3N8O3S2/c32-17-8-31(6-1-7-40(31)12-17)15-45-30-38-24-22(34)25(20-4-5-21(33)26-23(20)37-29(35)46-26)41(11-16-2-3-16)47(43)27(24)28(39-30)42-18-9-36-10-19(42)14-44-13-18/h4-5,16-19,36H,1-3,6-15H2,(H2,35,37)/t17-,18?,19?,31+,47?/m1/s1. The third kappa shape index (κ3) is 4.97. The average molecular weight is 689 g/mol. The molecule has 3 N–H and O–H groups in total. The normalized spacial score (nSPS) is 30.7. The predicted molar refractivity (Wildman–Crippen MR) is 172 cm³/mol. The predicted octanol–water partition coefficient (Wildman–Crippen LogP) is 3.48. The second kappa shape index (κ2) is 11.3. The molecule has 9 rings (SSSR count). The molecule has 7 heterocycles. The van der Waals surface area contributed by atoms with Crippen LogP contribution in [0.2, 0.25) is 0 Å². The lowest BCUT2D eigenvalue weighted by Gasteiger charge is -2.47. The minimum atomic E-state index is -1.93. The highest BCUT2D eigenvalue weighted by Crippen LogP contribution is 2.49. The van der Waals surface area contributed by atoms with E-state index in [-0.39, 0.29) is 62.3 Å². The number of rotatable bonds is 7. The molecule has 250 valence electrons. The lowest BCUT2D eigenvalue weighted by molar-refractivity contribution is 0.0516. The van der Waals surface area contributed by atoms with E-state index < -0.39 is 34.7 Å². The fourth-order valence-electron chi connectivity index (χ4n) is 8.04. The molecule has 0 amide bonds. The number of nitrogens with one attached hydrogen (secondary N) is 1. The Labute approximate surface area is 276 Å². The van der Waals surface area contributed by atoms with Crippen LogP contribution in [-0.2, 0) is 16.1 Å². The van der Waals surface area contributed by atoms with Crippen molar-refractivity contribution < 1.29 is 27.2 Å². The van der Waals surface area contributed by atoms with Crippen molar-refractivity contribution in [3.8, 4) is 6.01 Å². The molecule has 5 aliphatic heterocycles. The third-order valence-corrected chi connectivity index (χ3v) is 12.7. The van der Waals surface area contributed by atoms with Gasteiger partial charge in [0.25, 0.3) is 4.90 Å². The summed E-state index contributed by atoms with van der Waals surface area (Å²) in [4.78, 5) is 18.2. The largest absolute Gasteiger partial charge is 0.588 e. The zero-order valence-electron chi connectivity index (χ0n) is 25.6. The maximum Gasteiger partial charge on any atom is 0.319 e. The van der Waals surface area contributed by atoms with Crippen molar-refractivity contribution >= 4 is 55.4 Å². The molecular weight excluding hydrogens is 654 g/mol. The summed E-state index contributed by atoms with van der Waals surface area (Å²) in [6, 6.07) is 2.42. The van der Waals surface area contributed by atoms with E-state index in [1.807, 2.05) is 0 Å². The van der Waals surface area contributed by atoms with Gasteiger partial charge in [0, 0.05) is 31.6 Å². The quantitative estimate of drug-likeness (QED) is 0.354. The first kappa shape index (κ1) is 30.2. The lowest BCUT2D eigenvalue weighted by Crippen LogP contribution is -2.64. The Kier molecular flexibility index (Phi) is 7.28. The van der Waals surface area contributed by atoms with Crippen LogP contribution in [0.25, 0.3) is 21.7 Å². The smallest absolute Gasteiger partial charge is 0.319 e. The Morgan fingerprint density at radius 2 is 1.98 bits per heavy atom. The molecule has 5 fully saturated rings. The van der Waals surface area contributed by atoms with E-state index in [1.165, 1.54) is 12.1 Å². The number of fused-ring (bicyclic) bond motifs is 5. The Hall–Kier alpha value is -2.89. The molecule has 0 spiro atoms. The highest BCUT2D eigenvalue weighted by molar-refractivity contribution is 7.89. The average Bonchev–Trinajstić information content (AvgIpc) is 3.52. The van der Waals surface area contributed by atoms with E-state index in [4.69, 9.17) is 20.2 Å². The molecule has 2 bridgehead atoms. The van der Waals surface area contributed by atoms with Gasteiger partial charge in [-0.3, -0.25) is 4.90 Å². The topological polar surface area (TPSA) is 128 Å².